The predicted octanol–water partition coefficient (Wildman–Crippen LogP) is 1.96. The lowest BCUT2D eigenvalue weighted by molar-refractivity contribution is 0.151. The third kappa shape index (κ3) is 2.12. The summed E-state index contributed by atoms with van der Waals surface area (Å²) in [6, 6.07) is 9.16. The zero-order valence-electron chi connectivity index (χ0n) is 10.6. The number of nitrogens with zero attached hydrogens (tertiary/aromatic N) is 2. The summed E-state index contributed by atoms with van der Waals surface area (Å²) in [5, 5.41) is 0. The first-order valence-electron chi connectivity index (χ1n) is 6.07. The van der Waals surface area contributed by atoms with E-state index in [9.17, 15) is 18.4 Å². The largest absolute Gasteiger partial charge is 0.357 e. The molecule has 0 amide bonds. The molecule has 0 aliphatic carbocycles. The summed E-state index contributed by atoms with van der Waals surface area (Å²) in [4.78, 5) is 30.6. The van der Waals surface area contributed by atoms with E-state index in [1.807, 2.05) is 0 Å². The molecule has 0 spiro atoms. The van der Waals surface area contributed by atoms with Crippen LogP contribution in [0.15, 0.2) is 52.2 Å². The molecular weight excluding hydrogens is 280 g/mol. The highest BCUT2D eigenvalue weighted by atomic mass is 19.3. The Bertz CT molecular complexity index is 872. The van der Waals surface area contributed by atoms with Crippen LogP contribution in [0.25, 0.3) is 17.1 Å². The van der Waals surface area contributed by atoms with Gasteiger partial charge in [-0.15, -0.1) is 0 Å². The molecule has 0 fully saturated rings. The summed E-state index contributed by atoms with van der Waals surface area (Å²) < 4.78 is 26.9. The summed E-state index contributed by atoms with van der Waals surface area (Å²) in [7, 11) is 0. The molecular formula is C14H9F2N3O2. The molecule has 1 aromatic carbocycles. The number of pyridine rings is 1. The minimum atomic E-state index is -2.83. The van der Waals surface area contributed by atoms with E-state index in [4.69, 9.17) is 0 Å². The predicted molar refractivity (Wildman–Crippen MR) is 72.0 cm³/mol. The minimum Gasteiger partial charge on any atom is -0.346 e. The van der Waals surface area contributed by atoms with E-state index < -0.39 is 23.2 Å². The van der Waals surface area contributed by atoms with E-state index in [-0.39, 0.29) is 17.1 Å². The van der Waals surface area contributed by atoms with Gasteiger partial charge in [0.1, 0.15) is 5.82 Å². The number of para-hydroxylation sites is 1. The first-order valence-corrected chi connectivity index (χ1v) is 6.07. The Labute approximate surface area is 116 Å². The summed E-state index contributed by atoms with van der Waals surface area (Å²) in [6.45, 7) is 0. The molecule has 3 rings (SSSR count). The lowest BCUT2D eigenvalue weighted by atomic mass is 10.1. The Hall–Kier alpha value is -2.83. The average molecular weight is 289 g/mol. The summed E-state index contributed by atoms with van der Waals surface area (Å²) in [5.41, 5.74) is -2.09. The molecule has 0 atom stereocenters. The van der Waals surface area contributed by atoms with Gasteiger partial charge in [0, 0.05) is 11.8 Å². The van der Waals surface area contributed by atoms with Crippen LogP contribution in [0.4, 0.5) is 8.78 Å². The van der Waals surface area contributed by atoms with E-state index in [2.05, 4.69) is 9.97 Å². The Morgan fingerprint density at radius 1 is 1.10 bits per heavy atom. The number of nitrogens with one attached hydrogen (secondary N) is 1. The van der Waals surface area contributed by atoms with Gasteiger partial charge in [0.15, 0.2) is 0 Å². The average Bonchev–Trinajstić information content (AvgIpc) is 2.47. The van der Waals surface area contributed by atoms with Crippen LogP contribution in [-0.4, -0.2) is 14.5 Å². The molecule has 0 unspecified atom stereocenters. The Morgan fingerprint density at radius 3 is 2.48 bits per heavy atom. The second-order valence-electron chi connectivity index (χ2n) is 4.33. The van der Waals surface area contributed by atoms with Gasteiger partial charge in [-0.25, -0.2) is 18.1 Å². The summed E-state index contributed by atoms with van der Waals surface area (Å²) >= 11 is 0. The lowest BCUT2D eigenvalue weighted by Gasteiger charge is -2.12. The molecule has 0 saturated carbocycles. The summed E-state index contributed by atoms with van der Waals surface area (Å²) in [6.07, 6.45) is -1.61. The molecule has 0 saturated heterocycles. The fraction of sp³-hybridized carbons (Fsp3) is 0.0714. The van der Waals surface area contributed by atoms with Crippen LogP contribution in [0.2, 0.25) is 0 Å². The van der Waals surface area contributed by atoms with Crippen molar-refractivity contribution in [1.82, 2.24) is 14.5 Å². The second kappa shape index (κ2) is 4.93. The van der Waals surface area contributed by atoms with Crippen LogP contribution < -0.4 is 11.2 Å². The number of aromatic amines is 1. The van der Waals surface area contributed by atoms with Crippen molar-refractivity contribution in [3.63, 3.8) is 0 Å². The molecule has 5 nitrogen and oxygen atoms in total. The quantitative estimate of drug-likeness (QED) is 0.784. The molecule has 1 aromatic rings. The van der Waals surface area contributed by atoms with Crippen molar-refractivity contribution in [2.45, 2.75) is 6.43 Å². The molecule has 2 aliphatic rings. The van der Waals surface area contributed by atoms with Gasteiger partial charge in [0.25, 0.3) is 12.0 Å². The Kier molecular flexibility index (Phi) is 3.09. The number of aromatic nitrogens is 3. The highest BCUT2D eigenvalue weighted by molar-refractivity contribution is 5.60. The highest BCUT2D eigenvalue weighted by Crippen LogP contribution is 2.26. The van der Waals surface area contributed by atoms with Crippen molar-refractivity contribution < 1.29 is 8.78 Å². The van der Waals surface area contributed by atoms with Crippen molar-refractivity contribution in [2.75, 3.05) is 0 Å². The fourth-order valence-corrected chi connectivity index (χ4v) is 2.15. The van der Waals surface area contributed by atoms with Crippen molar-refractivity contribution in [1.29, 1.82) is 0 Å². The van der Waals surface area contributed by atoms with E-state index >= 15 is 0 Å². The number of H-pyrrole nitrogens is 1. The van der Waals surface area contributed by atoms with Crippen LogP contribution in [0, 0.1) is 0 Å². The van der Waals surface area contributed by atoms with Gasteiger partial charge in [-0.05, 0) is 18.2 Å². The molecule has 7 heteroatoms. The third-order valence-corrected chi connectivity index (χ3v) is 3.07. The van der Waals surface area contributed by atoms with E-state index in [1.54, 1.807) is 18.2 Å². The van der Waals surface area contributed by atoms with Gasteiger partial charge in [0.2, 0.25) is 0 Å². The summed E-state index contributed by atoms with van der Waals surface area (Å²) in [5.74, 6) is -0.144. The fourth-order valence-electron chi connectivity index (χ4n) is 2.15. The van der Waals surface area contributed by atoms with Gasteiger partial charge < -0.3 is 4.98 Å². The van der Waals surface area contributed by atoms with Crippen LogP contribution in [0.3, 0.4) is 0 Å². The number of hydrogen-bond acceptors (Lipinski definition) is 3. The second-order valence-corrected chi connectivity index (χ2v) is 4.33. The van der Waals surface area contributed by atoms with Crippen molar-refractivity contribution in [3.8, 4) is 17.1 Å². The monoisotopic (exact) mass is 289 g/mol. The highest BCUT2D eigenvalue weighted by Gasteiger charge is 2.23. The van der Waals surface area contributed by atoms with E-state index in [0.29, 0.717) is 0 Å². The van der Waals surface area contributed by atoms with Crippen LogP contribution >= 0.6 is 0 Å². The zero-order valence-corrected chi connectivity index (χ0v) is 10.6. The van der Waals surface area contributed by atoms with Crippen molar-refractivity contribution >= 4 is 0 Å². The maximum atomic E-state index is 13.0. The normalized spacial score (nSPS) is 11.2. The number of halogens is 2. The van der Waals surface area contributed by atoms with Gasteiger partial charge in [-0.1, -0.05) is 18.2 Å². The molecule has 0 radical (unpaired) electrons. The molecule has 2 aliphatic heterocycles. The Balaban J connectivity index is 2.43. The standard InChI is InChI=1S/C14H9F2N3O2/c15-11(16)9-6-7-17-12-10(9)13(20)19(14(21)18-12)8-4-2-1-3-5-8/h1-7,11H,(H,17,18,21). The number of hydrogen-bond donors (Lipinski definition) is 1. The van der Waals surface area contributed by atoms with E-state index in [1.165, 1.54) is 18.3 Å². The van der Waals surface area contributed by atoms with Crippen LogP contribution in [-0.2, 0) is 0 Å². The maximum Gasteiger partial charge on any atom is 0.357 e. The van der Waals surface area contributed by atoms with Crippen LogP contribution in [0.1, 0.15) is 12.0 Å². The van der Waals surface area contributed by atoms with Crippen molar-refractivity contribution in [3.05, 3.63) is 69.0 Å². The number of alkyl halides is 2. The molecule has 21 heavy (non-hydrogen) atoms. The molecule has 0 aromatic heterocycles. The van der Waals surface area contributed by atoms with Gasteiger partial charge in [0.05, 0.1) is 11.3 Å². The number of rotatable bonds is 2. The lowest BCUT2D eigenvalue weighted by Crippen LogP contribution is -2.36. The maximum absolute atomic E-state index is 13.0. The zero-order chi connectivity index (χ0) is 15.0. The van der Waals surface area contributed by atoms with Crippen molar-refractivity contribution in [2.24, 2.45) is 0 Å². The third-order valence-electron chi connectivity index (χ3n) is 3.07. The Morgan fingerprint density at radius 2 is 1.81 bits per heavy atom. The van der Waals surface area contributed by atoms with Gasteiger partial charge in [-0.2, -0.15) is 4.98 Å². The number of fused-ring (bicyclic) bond motifs is 1. The first-order chi connectivity index (χ1) is 10.1. The van der Waals surface area contributed by atoms with Gasteiger partial charge in [-0.3, -0.25) is 4.79 Å². The van der Waals surface area contributed by atoms with E-state index in [0.717, 1.165) is 10.6 Å². The topological polar surface area (TPSA) is 67.8 Å². The smallest absolute Gasteiger partial charge is 0.346 e. The molecule has 106 valence electrons. The van der Waals surface area contributed by atoms with Gasteiger partial charge >= 0.3 is 5.69 Å². The SMILES string of the molecule is O=c1nc2[nH]ccc(C(F)F)c-2c(=O)n1-c1ccccc1. The van der Waals surface area contributed by atoms with Crippen LogP contribution in [0.5, 0.6) is 0 Å². The molecule has 0 bridgehead atoms. The minimum absolute atomic E-state index is 0.144. The number of benzene rings is 1. The molecule has 1 N–H and O–H groups in total. The molecule has 2 heterocycles. The first kappa shape index (κ1) is 13.2.